The topological polar surface area (TPSA) is 91.6 Å². The van der Waals surface area contributed by atoms with Crippen molar-refractivity contribution in [3.63, 3.8) is 0 Å². The third-order valence-corrected chi connectivity index (χ3v) is 1.78. The van der Waals surface area contributed by atoms with Crippen LogP contribution in [0.25, 0.3) is 0 Å². The minimum absolute atomic E-state index is 0.141. The highest BCUT2D eigenvalue weighted by atomic mass is 16.4. The van der Waals surface area contributed by atoms with Gasteiger partial charge in [-0.3, -0.25) is 0 Å². The lowest BCUT2D eigenvalue weighted by Gasteiger charge is -2.20. The summed E-state index contributed by atoms with van der Waals surface area (Å²) in [5.41, 5.74) is -0.320. The second kappa shape index (κ2) is 4.90. The zero-order valence-electron chi connectivity index (χ0n) is 10.0. The van der Waals surface area contributed by atoms with Crippen molar-refractivity contribution in [2.24, 2.45) is 0 Å². The van der Waals surface area contributed by atoms with E-state index in [0.717, 1.165) is 0 Å². The van der Waals surface area contributed by atoms with E-state index in [9.17, 15) is 9.59 Å². The Bertz CT molecular complexity index is 417. The van der Waals surface area contributed by atoms with E-state index in [-0.39, 0.29) is 23.9 Å². The SMILES string of the molecule is CC(C)(C)NC(=O)NCc1ccc(C(=O)O)o1. The average molecular weight is 240 g/mol. The first kappa shape index (κ1) is 13.1. The van der Waals surface area contributed by atoms with Gasteiger partial charge in [0.05, 0.1) is 6.54 Å². The maximum Gasteiger partial charge on any atom is 0.371 e. The maximum absolute atomic E-state index is 11.4. The van der Waals surface area contributed by atoms with E-state index in [1.165, 1.54) is 12.1 Å². The molecular weight excluding hydrogens is 224 g/mol. The summed E-state index contributed by atoms with van der Waals surface area (Å²) >= 11 is 0. The summed E-state index contributed by atoms with van der Waals surface area (Å²) in [5.74, 6) is -0.875. The highest BCUT2D eigenvalue weighted by Crippen LogP contribution is 2.07. The average Bonchev–Trinajstić information content (AvgIpc) is 2.60. The number of carbonyl (C=O) groups is 2. The minimum Gasteiger partial charge on any atom is -0.475 e. The van der Waals surface area contributed by atoms with Crippen LogP contribution in [-0.2, 0) is 6.54 Å². The second-order valence-corrected chi connectivity index (χ2v) is 4.63. The van der Waals surface area contributed by atoms with Crippen LogP contribution in [0.4, 0.5) is 4.79 Å². The molecule has 0 bridgehead atoms. The number of hydrogen-bond donors (Lipinski definition) is 3. The van der Waals surface area contributed by atoms with Gasteiger partial charge in [0.15, 0.2) is 0 Å². The molecule has 0 radical (unpaired) electrons. The predicted molar refractivity (Wildman–Crippen MR) is 60.8 cm³/mol. The normalized spacial score (nSPS) is 11.0. The molecule has 2 amide bonds. The van der Waals surface area contributed by atoms with Crippen LogP contribution in [0.2, 0.25) is 0 Å². The van der Waals surface area contributed by atoms with Gasteiger partial charge in [0.1, 0.15) is 5.76 Å². The van der Waals surface area contributed by atoms with Crippen molar-refractivity contribution in [1.29, 1.82) is 0 Å². The molecule has 1 aromatic heterocycles. The van der Waals surface area contributed by atoms with E-state index >= 15 is 0 Å². The van der Waals surface area contributed by atoms with Crippen molar-refractivity contribution < 1.29 is 19.1 Å². The zero-order chi connectivity index (χ0) is 13.1. The predicted octanol–water partition coefficient (Wildman–Crippen LogP) is 1.58. The molecule has 0 aliphatic rings. The first-order chi connectivity index (χ1) is 7.78. The molecule has 6 heteroatoms. The van der Waals surface area contributed by atoms with Gasteiger partial charge >= 0.3 is 12.0 Å². The zero-order valence-corrected chi connectivity index (χ0v) is 10.0. The van der Waals surface area contributed by atoms with Gasteiger partial charge < -0.3 is 20.2 Å². The van der Waals surface area contributed by atoms with Gasteiger partial charge in [0.2, 0.25) is 5.76 Å². The Labute approximate surface area is 99.0 Å². The highest BCUT2D eigenvalue weighted by molar-refractivity contribution is 5.84. The van der Waals surface area contributed by atoms with E-state index in [0.29, 0.717) is 5.76 Å². The van der Waals surface area contributed by atoms with Crippen LogP contribution in [-0.4, -0.2) is 22.6 Å². The van der Waals surface area contributed by atoms with Gasteiger partial charge in [-0.1, -0.05) is 0 Å². The first-order valence-corrected chi connectivity index (χ1v) is 5.16. The lowest BCUT2D eigenvalue weighted by Crippen LogP contribution is -2.46. The molecule has 94 valence electrons. The van der Waals surface area contributed by atoms with Gasteiger partial charge in [-0.05, 0) is 32.9 Å². The number of aromatic carboxylic acids is 1. The highest BCUT2D eigenvalue weighted by Gasteiger charge is 2.14. The van der Waals surface area contributed by atoms with Gasteiger partial charge in [0.25, 0.3) is 0 Å². The van der Waals surface area contributed by atoms with E-state index < -0.39 is 5.97 Å². The molecule has 3 N–H and O–H groups in total. The molecule has 0 atom stereocenters. The Kier molecular flexibility index (Phi) is 3.77. The monoisotopic (exact) mass is 240 g/mol. The molecule has 0 saturated heterocycles. The molecule has 6 nitrogen and oxygen atoms in total. The Balaban J connectivity index is 2.45. The third-order valence-electron chi connectivity index (χ3n) is 1.78. The molecule has 1 aromatic rings. The number of carboxylic acids is 1. The van der Waals surface area contributed by atoms with Crippen molar-refractivity contribution in [1.82, 2.24) is 10.6 Å². The van der Waals surface area contributed by atoms with Crippen LogP contribution in [0.3, 0.4) is 0 Å². The molecule has 1 heterocycles. The van der Waals surface area contributed by atoms with Gasteiger partial charge in [-0.15, -0.1) is 0 Å². The standard InChI is InChI=1S/C11H16N2O4/c1-11(2,3)13-10(16)12-6-7-4-5-8(17-7)9(14)15/h4-5H,6H2,1-3H3,(H,14,15)(H2,12,13,16). The Morgan fingerprint density at radius 2 is 2.00 bits per heavy atom. The fourth-order valence-corrected chi connectivity index (χ4v) is 1.14. The largest absolute Gasteiger partial charge is 0.475 e. The number of amides is 2. The lowest BCUT2D eigenvalue weighted by atomic mass is 10.1. The van der Waals surface area contributed by atoms with Crippen LogP contribution in [0.5, 0.6) is 0 Å². The Morgan fingerprint density at radius 3 is 2.47 bits per heavy atom. The summed E-state index contributed by atoms with van der Waals surface area (Å²) in [6, 6.07) is 2.53. The van der Waals surface area contributed by atoms with Crippen LogP contribution in [0, 0.1) is 0 Å². The number of hydrogen-bond acceptors (Lipinski definition) is 3. The molecular formula is C11H16N2O4. The third kappa shape index (κ3) is 4.58. The number of furan rings is 1. The molecule has 0 fully saturated rings. The van der Waals surface area contributed by atoms with Crippen molar-refractivity contribution >= 4 is 12.0 Å². The second-order valence-electron chi connectivity index (χ2n) is 4.63. The van der Waals surface area contributed by atoms with E-state index in [1.807, 2.05) is 20.8 Å². The fourth-order valence-electron chi connectivity index (χ4n) is 1.14. The molecule has 0 aliphatic heterocycles. The van der Waals surface area contributed by atoms with E-state index in [1.54, 1.807) is 0 Å². The molecule has 0 unspecified atom stereocenters. The van der Waals surface area contributed by atoms with Crippen molar-refractivity contribution in [2.75, 3.05) is 0 Å². The molecule has 17 heavy (non-hydrogen) atoms. The molecule has 1 rings (SSSR count). The fraction of sp³-hybridized carbons (Fsp3) is 0.455. The van der Waals surface area contributed by atoms with E-state index in [4.69, 9.17) is 9.52 Å². The van der Waals surface area contributed by atoms with Crippen LogP contribution in [0.1, 0.15) is 37.1 Å². The summed E-state index contributed by atoms with van der Waals surface area (Å²) in [6.07, 6.45) is 0. The number of nitrogens with one attached hydrogen (secondary N) is 2. The van der Waals surface area contributed by atoms with Crippen molar-refractivity contribution in [3.05, 3.63) is 23.7 Å². The quantitative estimate of drug-likeness (QED) is 0.747. The van der Waals surface area contributed by atoms with Gasteiger partial charge in [-0.2, -0.15) is 0 Å². The van der Waals surface area contributed by atoms with Crippen molar-refractivity contribution in [3.8, 4) is 0 Å². The first-order valence-electron chi connectivity index (χ1n) is 5.16. The Hall–Kier alpha value is -1.98. The molecule has 0 saturated carbocycles. The minimum atomic E-state index is -1.13. The summed E-state index contributed by atoms with van der Waals surface area (Å²) in [6.45, 7) is 5.74. The molecule has 0 spiro atoms. The van der Waals surface area contributed by atoms with Crippen LogP contribution >= 0.6 is 0 Å². The van der Waals surface area contributed by atoms with Crippen LogP contribution in [0.15, 0.2) is 16.5 Å². The van der Waals surface area contributed by atoms with Gasteiger partial charge in [-0.25, -0.2) is 9.59 Å². The summed E-state index contributed by atoms with van der Waals surface area (Å²) < 4.78 is 4.98. The molecule has 0 aromatic carbocycles. The lowest BCUT2D eigenvalue weighted by molar-refractivity contribution is 0.0660. The number of urea groups is 1. The maximum atomic E-state index is 11.4. The molecule has 0 aliphatic carbocycles. The van der Waals surface area contributed by atoms with Crippen LogP contribution < -0.4 is 10.6 Å². The van der Waals surface area contributed by atoms with Crippen molar-refractivity contribution in [2.45, 2.75) is 32.9 Å². The summed E-state index contributed by atoms with van der Waals surface area (Å²) in [4.78, 5) is 21.9. The summed E-state index contributed by atoms with van der Waals surface area (Å²) in [5, 5.41) is 13.9. The Morgan fingerprint density at radius 1 is 1.35 bits per heavy atom. The van der Waals surface area contributed by atoms with E-state index in [2.05, 4.69) is 10.6 Å². The summed E-state index contributed by atoms with van der Waals surface area (Å²) in [7, 11) is 0. The smallest absolute Gasteiger partial charge is 0.371 e. The van der Waals surface area contributed by atoms with Gasteiger partial charge in [0, 0.05) is 5.54 Å². The number of carboxylic acid groups (broad SMARTS) is 1. The number of carbonyl (C=O) groups excluding carboxylic acids is 1. The number of rotatable bonds is 3.